The van der Waals surface area contributed by atoms with Crippen LogP contribution in [0.2, 0.25) is 0 Å². The fourth-order valence-corrected chi connectivity index (χ4v) is 1.67. The number of aryl methyl sites for hydroxylation is 1. The van der Waals surface area contributed by atoms with E-state index in [1.54, 1.807) is 10.9 Å². The highest BCUT2D eigenvalue weighted by Crippen LogP contribution is 2.11. The molecule has 1 aromatic carbocycles. The maximum absolute atomic E-state index is 5.64. The predicted octanol–water partition coefficient (Wildman–Crippen LogP) is 1.72. The lowest BCUT2D eigenvalue weighted by atomic mass is 10.1. The Bertz CT molecular complexity index is 479. The Morgan fingerprint density at radius 3 is 2.88 bits per heavy atom. The van der Waals surface area contributed by atoms with Gasteiger partial charge in [-0.05, 0) is 18.2 Å². The minimum Gasteiger partial charge on any atom is -0.486 e. The van der Waals surface area contributed by atoms with Crippen LogP contribution in [0, 0.1) is 0 Å². The molecule has 1 heterocycles. The van der Waals surface area contributed by atoms with Crippen LogP contribution < -0.4 is 10.1 Å². The van der Waals surface area contributed by atoms with E-state index in [1.807, 2.05) is 20.3 Å². The number of rotatable bonds is 5. The molecular formula is C13H17N3O. The molecule has 0 fully saturated rings. The summed E-state index contributed by atoms with van der Waals surface area (Å²) in [6.07, 6.45) is 3.58. The number of ether oxygens (including phenoxy) is 1. The summed E-state index contributed by atoms with van der Waals surface area (Å²) in [6.45, 7) is 1.45. The molecule has 0 aliphatic rings. The third-order valence-corrected chi connectivity index (χ3v) is 2.46. The number of nitrogens with one attached hydrogen (secondary N) is 1. The number of benzene rings is 1. The second-order valence-corrected chi connectivity index (χ2v) is 3.99. The predicted molar refractivity (Wildman–Crippen MR) is 66.7 cm³/mol. The van der Waals surface area contributed by atoms with Crippen molar-refractivity contribution in [2.24, 2.45) is 7.05 Å². The molecule has 2 aromatic rings. The number of nitrogens with zero attached hydrogens (tertiary/aromatic N) is 2. The molecule has 17 heavy (non-hydrogen) atoms. The molecule has 90 valence electrons. The van der Waals surface area contributed by atoms with Crippen molar-refractivity contribution in [2.45, 2.75) is 13.2 Å². The van der Waals surface area contributed by atoms with Gasteiger partial charge in [0.2, 0.25) is 0 Å². The second-order valence-electron chi connectivity index (χ2n) is 3.99. The maximum Gasteiger partial charge on any atom is 0.157 e. The van der Waals surface area contributed by atoms with E-state index in [4.69, 9.17) is 4.74 Å². The van der Waals surface area contributed by atoms with Gasteiger partial charge in [0.05, 0.1) is 12.4 Å². The molecule has 0 saturated heterocycles. The maximum atomic E-state index is 5.64. The Morgan fingerprint density at radius 2 is 2.18 bits per heavy atom. The number of hydrogen-bond acceptors (Lipinski definition) is 3. The first-order valence-corrected chi connectivity index (χ1v) is 5.62. The molecule has 0 atom stereocenters. The lowest BCUT2D eigenvalue weighted by Crippen LogP contribution is -2.05. The summed E-state index contributed by atoms with van der Waals surface area (Å²) in [5.41, 5.74) is 2.43. The molecule has 0 bridgehead atoms. The third-order valence-electron chi connectivity index (χ3n) is 2.46. The second kappa shape index (κ2) is 5.50. The quantitative estimate of drug-likeness (QED) is 0.851. The Labute approximate surface area is 101 Å². The molecule has 0 radical (unpaired) electrons. The first kappa shape index (κ1) is 11.7. The molecule has 0 saturated carbocycles. The van der Waals surface area contributed by atoms with E-state index in [9.17, 15) is 0 Å². The number of hydrogen-bond donors (Lipinski definition) is 1. The van der Waals surface area contributed by atoms with Gasteiger partial charge in [-0.1, -0.05) is 24.3 Å². The fraction of sp³-hybridized carbons (Fsp3) is 0.308. The fourth-order valence-electron chi connectivity index (χ4n) is 1.67. The Hall–Kier alpha value is -1.81. The zero-order valence-corrected chi connectivity index (χ0v) is 10.2. The lowest BCUT2D eigenvalue weighted by molar-refractivity contribution is 0.306. The molecule has 0 spiro atoms. The standard InChI is InChI=1S/C13H17N3O/c1-14-7-11-4-3-5-12(6-11)10-17-13-8-15-16(2)9-13/h3-6,8-9,14H,7,10H2,1-2H3. The van der Waals surface area contributed by atoms with E-state index in [0.29, 0.717) is 6.61 Å². The van der Waals surface area contributed by atoms with E-state index < -0.39 is 0 Å². The first-order chi connectivity index (χ1) is 8.28. The van der Waals surface area contributed by atoms with Crippen molar-refractivity contribution in [1.29, 1.82) is 0 Å². The highest BCUT2D eigenvalue weighted by molar-refractivity contribution is 5.23. The van der Waals surface area contributed by atoms with Crippen LogP contribution in [-0.2, 0) is 20.2 Å². The van der Waals surface area contributed by atoms with Crippen molar-refractivity contribution in [2.75, 3.05) is 7.05 Å². The molecule has 0 unspecified atom stereocenters. The normalized spacial score (nSPS) is 10.5. The molecule has 0 amide bonds. The van der Waals surface area contributed by atoms with Crippen molar-refractivity contribution >= 4 is 0 Å². The average Bonchev–Trinajstić information content (AvgIpc) is 2.74. The van der Waals surface area contributed by atoms with Gasteiger partial charge < -0.3 is 10.1 Å². The van der Waals surface area contributed by atoms with Crippen LogP contribution in [0.15, 0.2) is 36.7 Å². The summed E-state index contributed by atoms with van der Waals surface area (Å²) in [6, 6.07) is 8.36. The van der Waals surface area contributed by atoms with Gasteiger partial charge in [-0.25, -0.2) is 0 Å². The van der Waals surface area contributed by atoms with Gasteiger partial charge in [-0.3, -0.25) is 4.68 Å². The summed E-state index contributed by atoms with van der Waals surface area (Å²) in [5, 5.41) is 7.19. The summed E-state index contributed by atoms with van der Waals surface area (Å²) in [5.74, 6) is 0.798. The van der Waals surface area contributed by atoms with E-state index in [0.717, 1.165) is 12.3 Å². The third kappa shape index (κ3) is 3.32. The van der Waals surface area contributed by atoms with Gasteiger partial charge in [0.15, 0.2) is 5.75 Å². The van der Waals surface area contributed by atoms with Gasteiger partial charge in [0.25, 0.3) is 0 Å². The zero-order chi connectivity index (χ0) is 12.1. The van der Waals surface area contributed by atoms with Crippen molar-refractivity contribution < 1.29 is 4.74 Å². The summed E-state index contributed by atoms with van der Waals surface area (Å²) < 4.78 is 7.37. The minimum atomic E-state index is 0.573. The van der Waals surface area contributed by atoms with Crippen molar-refractivity contribution in [3.63, 3.8) is 0 Å². The first-order valence-electron chi connectivity index (χ1n) is 5.62. The van der Waals surface area contributed by atoms with Gasteiger partial charge in [0.1, 0.15) is 6.61 Å². The van der Waals surface area contributed by atoms with E-state index in [-0.39, 0.29) is 0 Å². The lowest BCUT2D eigenvalue weighted by Gasteiger charge is -2.06. The summed E-state index contributed by atoms with van der Waals surface area (Å²) in [4.78, 5) is 0. The van der Waals surface area contributed by atoms with Crippen LogP contribution in [0.4, 0.5) is 0 Å². The van der Waals surface area contributed by atoms with E-state index >= 15 is 0 Å². The Morgan fingerprint density at radius 1 is 1.35 bits per heavy atom. The summed E-state index contributed by atoms with van der Waals surface area (Å²) in [7, 11) is 3.82. The largest absolute Gasteiger partial charge is 0.486 e. The monoisotopic (exact) mass is 231 g/mol. The van der Waals surface area contributed by atoms with Gasteiger partial charge in [-0.15, -0.1) is 0 Å². The molecule has 1 aromatic heterocycles. The molecule has 0 aliphatic heterocycles. The molecule has 0 aliphatic carbocycles. The van der Waals surface area contributed by atoms with Crippen molar-refractivity contribution in [3.05, 3.63) is 47.8 Å². The van der Waals surface area contributed by atoms with Crippen LogP contribution in [0.25, 0.3) is 0 Å². The van der Waals surface area contributed by atoms with E-state index in [2.05, 4.69) is 34.7 Å². The topological polar surface area (TPSA) is 39.1 Å². The summed E-state index contributed by atoms with van der Waals surface area (Å²) >= 11 is 0. The molecule has 4 heteroatoms. The van der Waals surface area contributed by atoms with Crippen LogP contribution in [0.3, 0.4) is 0 Å². The van der Waals surface area contributed by atoms with Gasteiger partial charge >= 0.3 is 0 Å². The van der Waals surface area contributed by atoms with Crippen LogP contribution in [-0.4, -0.2) is 16.8 Å². The highest BCUT2D eigenvalue weighted by atomic mass is 16.5. The Kier molecular flexibility index (Phi) is 3.77. The zero-order valence-electron chi connectivity index (χ0n) is 10.2. The van der Waals surface area contributed by atoms with Gasteiger partial charge in [0, 0.05) is 13.6 Å². The highest BCUT2D eigenvalue weighted by Gasteiger charge is 1.99. The number of aromatic nitrogens is 2. The molecule has 4 nitrogen and oxygen atoms in total. The van der Waals surface area contributed by atoms with Gasteiger partial charge in [-0.2, -0.15) is 5.10 Å². The molecular weight excluding hydrogens is 214 g/mol. The van der Waals surface area contributed by atoms with E-state index in [1.165, 1.54) is 11.1 Å². The van der Waals surface area contributed by atoms with Crippen molar-refractivity contribution in [1.82, 2.24) is 15.1 Å². The smallest absolute Gasteiger partial charge is 0.157 e. The van der Waals surface area contributed by atoms with Crippen molar-refractivity contribution in [3.8, 4) is 5.75 Å². The van der Waals surface area contributed by atoms with Crippen LogP contribution in [0.5, 0.6) is 5.75 Å². The SMILES string of the molecule is CNCc1cccc(COc2cnn(C)c2)c1. The van der Waals surface area contributed by atoms with Crippen LogP contribution in [0.1, 0.15) is 11.1 Å². The average molecular weight is 231 g/mol. The molecule has 1 N–H and O–H groups in total. The van der Waals surface area contributed by atoms with Crippen LogP contribution >= 0.6 is 0 Å². The minimum absolute atomic E-state index is 0.573. The molecule has 2 rings (SSSR count). The Balaban J connectivity index is 1.96.